The molecule has 3 rings (SSSR count). The molecule has 0 fully saturated rings. The molecule has 0 radical (unpaired) electrons. The molecule has 0 spiro atoms. The van der Waals surface area contributed by atoms with Gasteiger partial charge >= 0.3 is 5.97 Å². The summed E-state index contributed by atoms with van der Waals surface area (Å²) in [5, 5.41) is 23.4. The first kappa shape index (κ1) is 47.8. The van der Waals surface area contributed by atoms with Gasteiger partial charge in [-0.25, -0.2) is 4.79 Å². The Kier molecular flexibility index (Phi) is 19.2. The van der Waals surface area contributed by atoms with Crippen LogP contribution in [0.25, 0.3) is 0 Å². The van der Waals surface area contributed by atoms with Crippen LogP contribution in [0.2, 0.25) is 0 Å². The molecule has 0 bridgehead atoms. The maximum Gasteiger partial charge on any atom is 0.331 e. The summed E-state index contributed by atoms with van der Waals surface area (Å²) in [5.41, 5.74) is 8.51. The number of aliphatic hydroxyl groups excluding tert-OH is 1. The zero-order valence-electron chi connectivity index (χ0n) is 35.1. The summed E-state index contributed by atoms with van der Waals surface area (Å²) in [6.07, 6.45) is 1.53. The van der Waals surface area contributed by atoms with Crippen LogP contribution in [0.15, 0.2) is 84.9 Å². The quantitative estimate of drug-likeness (QED) is 0.0585. The Labute approximate surface area is 347 Å². The molecule has 14 heteroatoms. The molecular formula is C45H62N6O8. The molecule has 5 amide bonds. The van der Waals surface area contributed by atoms with Crippen molar-refractivity contribution >= 4 is 35.5 Å². The van der Waals surface area contributed by atoms with E-state index in [-0.39, 0.29) is 37.2 Å². The molecule has 0 heterocycles. The Morgan fingerprint density at radius 2 is 1.19 bits per heavy atom. The third-order valence-electron chi connectivity index (χ3n) is 9.60. The number of benzene rings is 3. The molecule has 0 aliphatic rings. The van der Waals surface area contributed by atoms with E-state index in [1.807, 2.05) is 62.4 Å². The smallest absolute Gasteiger partial charge is 0.331 e. The Hall–Kier alpha value is -5.60. The van der Waals surface area contributed by atoms with Crippen molar-refractivity contribution in [3.05, 3.63) is 107 Å². The van der Waals surface area contributed by atoms with E-state index in [4.69, 9.17) is 10.5 Å². The Balaban J connectivity index is 1.71. The molecule has 5 atom stereocenters. The molecule has 0 aliphatic heterocycles. The second-order valence-electron chi connectivity index (χ2n) is 16.1. The van der Waals surface area contributed by atoms with Crippen LogP contribution in [-0.4, -0.2) is 84.0 Å². The minimum atomic E-state index is -1.39. The largest absolute Gasteiger partial charge is 0.459 e. The lowest BCUT2D eigenvalue weighted by atomic mass is 9.86. The van der Waals surface area contributed by atoms with Gasteiger partial charge in [-0.15, -0.1) is 0 Å². The topological polar surface area (TPSA) is 218 Å². The normalized spacial score (nSPS) is 13.8. The van der Waals surface area contributed by atoms with Crippen LogP contribution in [0.4, 0.5) is 0 Å². The summed E-state index contributed by atoms with van der Waals surface area (Å²) in [7, 11) is 0. The molecule has 0 aliphatic carbocycles. The van der Waals surface area contributed by atoms with Crippen molar-refractivity contribution in [1.82, 2.24) is 26.6 Å². The fraction of sp³-hybridized carbons (Fsp3) is 0.467. The SMILES string of the molecule is CC(C)C[C@H](NC(=O)[C@H](C)NC(=O)[C@H](Cc1ccccc1)NC(=O)c1ccc(C(C)(C)C)cc1)C(=O)N[C@@H](CCCCN)C(=O)N[C@@H](CO)C(=O)OCc1ccccc1. The zero-order chi connectivity index (χ0) is 43.5. The van der Waals surface area contributed by atoms with Crippen molar-refractivity contribution in [3.8, 4) is 0 Å². The fourth-order valence-electron chi connectivity index (χ4n) is 6.12. The minimum Gasteiger partial charge on any atom is -0.459 e. The van der Waals surface area contributed by atoms with Crippen molar-refractivity contribution in [2.45, 2.75) is 116 Å². The van der Waals surface area contributed by atoms with Gasteiger partial charge in [0.15, 0.2) is 6.04 Å². The highest BCUT2D eigenvalue weighted by Crippen LogP contribution is 2.22. The van der Waals surface area contributed by atoms with Crippen molar-refractivity contribution < 1.29 is 38.6 Å². The summed E-state index contributed by atoms with van der Waals surface area (Å²) in [5.74, 6) is -4.01. The molecule has 59 heavy (non-hydrogen) atoms. The molecule has 320 valence electrons. The number of unbranched alkanes of at least 4 members (excludes halogenated alkanes) is 1. The van der Waals surface area contributed by atoms with Gasteiger partial charge in [-0.05, 0) is 79.3 Å². The highest BCUT2D eigenvalue weighted by Gasteiger charge is 2.32. The monoisotopic (exact) mass is 814 g/mol. The second-order valence-corrected chi connectivity index (χ2v) is 16.1. The summed E-state index contributed by atoms with van der Waals surface area (Å²) < 4.78 is 5.30. The fourth-order valence-corrected chi connectivity index (χ4v) is 6.12. The van der Waals surface area contributed by atoms with Gasteiger partial charge < -0.3 is 42.2 Å². The lowest BCUT2D eigenvalue weighted by Crippen LogP contribution is -2.59. The summed E-state index contributed by atoms with van der Waals surface area (Å²) in [4.78, 5) is 80.8. The van der Waals surface area contributed by atoms with E-state index in [1.54, 1.807) is 36.4 Å². The van der Waals surface area contributed by atoms with E-state index < -0.39 is 72.3 Å². The molecule has 8 N–H and O–H groups in total. The van der Waals surface area contributed by atoms with Crippen molar-refractivity contribution in [1.29, 1.82) is 0 Å². The first-order chi connectivity index (χ1) is 28.0. The number of hydrogen-bond donors (Lipinski definition) is 7. The highest BCUT2D eigenvalue weighted by atomic mass is 16.5. The third kappa shape index (κ3) is 16.3. The predicted octanol–water partition coefficient (Wildman–Crippen LogP) is 3.20. The Morgan fingerprint density at radius 3 is 1.75 bits per heavy atom. The molecule has 0 saturated carbocycles. The highest BCUT2D eigenvalue weighted by molar-refractivity contribution is 5.99. The molecule has 0 unspecified atom stereocenters. The number of ether oxygens (including phenoxy) is 1. The van der Waals surface area contributed by atoms with Crippen molar-refractivity contribution in [3.63, 3.8) is 0 Å². The third-order valence-corrected chi connectivity index (χ3v) is 9.60. The molecule has 3 aromatic rings. The number of esters is 1. The standard InChI is InChI=1S/C45H62N6O8/c1-29(2)25-36(43(57)48-35(19-13-14-24-46)41(55)51-38(27-52)44(58)59-28-32-17-11-8-12-18-32)49-39(53)30(3)47-42(56)37(26-31-15-9-7-10-16-31)50-40(54)33-20-22-34(23-21-33)45(4,5)6/h7-12,15-18,20-23,29-30,35-38,52H,13-14,19,24-28,46H2,1-6H3,(H,47,56)(H,48,57)(H,49,53)(H,50,54)(H,51,55)/t30-,35-,36-,37-,38-/m0/s1. The van der Waals surface area contributed by atoms with E-state index >= 15 is 0 Å². The van der Waals surface area contributed by atoms with E-state index in [9.17, 15) is 33.9 Å². The Morgan fingerprint density at radius 1 is 0.644 bits per heavy atom. The van der Waals surface area contributed by atoms with Crippen LogP contribution in [0.3, 0.4) is 0 Å². The summed E-state index contributed by atoms with van der Waals surface area (Å²) >= 11 is 0. The van der Waals surface area contributed by atoms with Crippen LogP contribution in [-0.2, 0) is 47.2 Å². The lowest BCUT2D eigenvalue weighted by Gasteiger charge is -2.27. The first-order valence-corrected chi connectivity index (χ1v) is 20.2. The number of carbonyl (C=O) groups excluding carboxylic acids is 6. The van der Waals surface area contributed by atoms with Crippen LogP contribution in [0, 0.1) is 5.92 Å². The van der Waals surface area contributed by atoms with Gasteiger partial charge in [0.25, 0.3) is 5.91 Å². The molecule has 0 aromatic heterocycles. The molecule has 0 saturated heterocycles. The van der Waals surface area contributed by atoms with Gasteiger partial charge in [0.05, 0.1) is 6.61 Å². The van der Waals surface area contributed by atoms with Crippen LogP contribution in [0.1, 0.15) is 94.3 Å². The van der Waals surface area contributed by atoms with E-state index in [0.717, 1.165) is 16.7 Å². The van der Waals surface area contributed by atoms with E-state index in [1.165, 1.54) is 6.92 Å². The van der Waals surface area contributed by atoms with Gasteiger partial charge in [0.1, 0.15) is 30.8 Å². The Bertz CT molecular complexity index is 1820. The molecule has 14 nitrogen and oxygen atoms in total. The van der Waals surface area contributed by atoms with Gasteiger partial charge in [0.2, 0.25) is 23.6 Å². The van der Waals surface area contributed by atoms with Crippen molar-refractivity contribution in [2.75, 3.05) is 13.2 Å². The number of carbonyl (C=O) groups is 6. The van der Waals surface area contributed by atoms with E-state index in [2.05, 4.69) is 47.4 Å². The number of nitrogens with two attached hydrogens (primary N) is 1. The molecular weight excluding hydrogens is 753 g/mol. The van der Waals surface area contributed by atoms with Gasteiger partial charge in [-0.1, -0.05) is 107 Å². The zero-order valence-corrected chi connectivity index (χ0v) is 35.1. The van der Waals surface area contributed by atoms with E-state index in [0.29, 0.717) is 24.9 Å². The number of rotatable bonds is 22. The summed E-state index contributed by atoms with van der Waals surface area (Å²) in [6, 6.07) is 19.5. The predicted molar refractivity (Wildman–Crippen MR) is 226 cm³/mol. The number of amides is 5. The number of aliphatic hydroxyl groups is 1. The number of nitrogens with one attached hydrogen (secondary N) is 5. The van der Waals surface area contributed by atoms with Crippen LogP contribution >= 0.6 is 0 Å². The van der Waals surface area contributed by atoms with Crippen molar-refractivity contribution in [2.24, 2.45) is 11.7 Å². The van der Waals surface area contributed by atoms with Gasteiger partial charge in [0, 0.05) is 12.0 Å². The minimum absolute atomic E-state index is 0.0628. The first-order valence-electron chi connectivity index (χ1n) is 20.2. The van der Waals surface area contributed by atoms with Gasteiger partial charge in [-0.2, -0.15) is 0 Å². The summed E-state index contributed by atoms with van der Waals surface area (Å²) in [6.45, 7) is 11.0. The molecule has 3 aromatic carbocycles. The maximum atomic E-state index is 13.8. The average Bonchev–Trinajstić information content (AvgIpc) is 3.21. The average molecular weight is 815 g/mol. The lowest BCUT2D eigenvalue weighted by molar-refractivity contribution is -0.150. The van der Waals surface area contributed by atoms with Gasteiger partial charge in [-0.3, -0.25) is 24.0 Å². The maximum absolute atomic E-state index is 13.8. The van der Waals surface area contributed by atoms with Crippen LogP contribution < -0.4 is 32.3 Å². The van der Waals surface area contributed by atoms with Crippen LogP contribution in [0.5, 0.6) is 0 Å². The second kappa shape index (κ2) is 23.7. The number of hydrogen-bond acceptors (Lipinski definition) is 9.